The number of nitrogens with one attached hydrogen (secondary N) is 1. The van der Waals surface area contributed by atoms with Gasteiger partial charge in [0.1, 0.15) is 17.5 Å². The summed E-state index contributed by atoms with van der Waals surface area (Å²) < 4.78 is 10.4. The van der Waals surface area contributed by atoms with Gasteiger partial charge in [-0.05, 0) is 24.8 Å². The van der Waals surface area contributed by atoms with Gasteiger partial charge >= 0.3 is 5.97 Å². The predicted octanol–water partition coefficient (Wildman–Crippen LogP) is 1.74. The Morgan fingerprint density at radius 3 is 2.92 bits per heavy atom. The molecular formula is C16H16N2O6. The quantitative estimate of drug-likeness (QED) is 0.511. The second-order valence-corrected chi connectivity index (χ2v) is 6.55. The third kappa shape index (κ3) is 2.05. The lowest BCUT2D eigenvalue weighted by atomic mass is 9.79. The second kappa shape index (κ2) is 5.19. The normalized spacial score (nSPS) is 32.5. The fourth-order valence-electron chi connectivity index (χ4n) is 4.48. The molecule has 126 valence electrons. The molecule has 0 aromatic heterocycles. The molecule has 24 heavy (non-hydrogen) atoms. The number of anilines is 1. The number of carbonyl (C=O) groups is 2. The van der Waals surface area contributed by atoms with E-state index < -0.39 is 16.8 Å². The van der Waals surface area contributed by atoms with Crippen molar-refractivity contribution in [3.05, 3.63) is 28.3 Å². The molecule has 3 aliphatic rings. The molecule has 5 atom stereocenters. The van der Waals surface area contributed by atoms with Gasteiger partial charge in [-0.25, -0.2) is 0 Å². The molecule has 8 nitrogen and oxygen atoms in total. The Labute approximate surface area is 137 Å². The second-order valence-electron chi connectivity index (χ2n) is 6.55. The number of benzene rings is 1. The van der Waals surface area contributed by atoms with Gasteiger partial charge in [0.15, 0.2) is 0 Å². The fraction of sp³-hybridized carbons (Fsp3) is 0.500. The van der Waals surface area contributed by atoms with Crippen molar-refractivity contribution >= 4 is 23.3 Å². The fourth-order valence-corrected chi connectivity index (χ4v) is 4.48. The Morgan fingerprint density at radius 2 is 2.21 bits per heavy atom. The van der Waals surface area contributed by atoms with Crippen LogP contribution in [0.1, 0.15) is 12.8 Å². The SMILES string of the molecule is COc1ccc([N+](=O)[O-])c(NC(=O)[C@@H]2[C@@H]3C[C@@H]4[C@@H]2C(=O)O[C@H]4C3)c1. The van der Waals surface area contributed by atoms with Crippen molar-refractivity contribution in [1.82, 2.24) is 0 Å². The molecule has 8 heteroatoms. The van der Waals surface area contributed by atoms with Crippen molar-refractivity contribution < 1.29 is 24.0 Å². The summed E-state index contributed by atoms with van der Waals surface area (Å²) in [6.45, 7) is 0. The molecule has 0 unspecified atom stereocenters. The first kappa shape index (κ1) is 14.9. The maximum atomic E-state index is 12.7. The predicted molar refractivity (Wildman–Crippen MR) is 81.4 cm³/mol. The van der Waals surface area contributed by atoms with E-state index in [0.29, 0.717) is 12.2 Å². The van der Waals surface area contributed by atoms with E-state index in [1.807, 2.05) is 0 Å². The zero-order chi connectivity index (χ0) is 17.0. The van der Waals surface area contributed by atoms with Crippen LogP contribution in [0.3, 0.4) is 0 Å². The molecule has 1 amide bonds. The van der Waals surface area contributed by atoms with Crippen molar-refractivity contribution in [3.8, 4) is 5.75 Å². The van der Waals surface area contributed by atoms with E-state index in [-0.39, 0.29) is 41.2 Å². The van der Waals surface area contributed by atoms with Crippen molar-refractivity contribution in [2.24, 2.45) is 23.7 Å². The third-order valence-corrected chi connectivity index (χ3v) is 5.44. The van der Waals surface area contributed by atoms with E-state index in [4.69, 9.17) is 9.47 Å². The van der Waals surface area contributed by atoms with Crippen LogP contribution in [0.25, 0.3) is 0 Å². The Balaban J connectivity index is 1.61. The standard InChI is InChI=1S/C16H16N2O6/c1-23-8-2-3-11(18(21)22)10(6-8)17-15(19)13-7-4-9-12(5-7)24-16(20)14(9)13/h2-3,6-7,9,12-14H,4-5H2,1H3,(H,17,19)/t7-,9+,12+,13-,14+/m1/s1. The molecule has 1 saturated heterocycles. The highest BCUT2D eigenvalue weighted by molar-refractivity contribution is 5.98. The summed E-state index contributed by atoms with van der Waals surface area (Å²) in [4.78, 5) is 35.3. The summed E-state index contributed by atoms with van der Waals surface area (Å²) in [7, 11) is 1.44. The number of ether oxygens (including phenoxy) is 2. The lowest BCUT2D eigenvalue weighted by Crippen LogP contribution is -2.36. The molecular weight excluding hydrogens is 316 g/mol. The van der Waals surface area contributed by atoms with Gasteiger partial charge in [0, 0.05) is 18.1 Å². The largest absolute Gasteiger partial charge is 0.497 e. The van der Waals surface area contributed by atoms with Gasteiger partial charge in [-0.1, -0.05) is 0 Å². The van der Waals surface area contributed by atoms with E-state index in [1.165, 1.54) is 25.3 Å². The van der Waals surface area contributed by atoms with Crippen LogP contribution in [0.4, 0.5) is 11.4 Å². The number of esters is 1. The van der Waals surface area contributed by atoms with E-state index in [0.717, 1.165) is 6.42 Å². The van der Waals surface area contributed by atoms with Gasteiger partial charge in [-0.15, -0.1) is 0 Å². The number of carbonyl (C=O) groups excluding carboxylic acids is 2. The highest BCUT2D eigenvalue weighted by Crippen LogP contribution is 2.57. The number of methoxy groups -OCH3 is 1. The molecule has 1 aromatic carbocycles. The summed E-state index contributed by atoms with van der Waals surface area (Å²) in [6.07, 6.45) is 1.45. The Kier molecular flexibility index (Phi) is 3.22. The summed E-state index contributed by atoms with van der Waals surface area (Å²) in [5, 5.41) is 13.8. The van der Waals surface area contributed by atoms with Crippen molar-refractivity contribution in [2.75, 3.05) is 12.4 Å². The summed E-state index contributed by atoms with van der Waals surface area (Å²) in [5.41, 5.74) is -0.130. The number of hydrogen-bond donors (Lipinski definition) is 1. The van der Waals surface area contributed by atoms with Crippen LogP contribution in [0.2, 0.25) is 0 Å². The van der Waals surface area contributed by atoms with Crippen molar-refractivity contribution in [3.63, 3.8) is 0 Å². The third-order valence-electron chi connectivity index (χ3n) is 5.44. The maximum absolute atomic E-state index is 12.7. The highest BCUT2D eigenvalue weighted by Gasteiger charge is 2.63. The summed E-state index contributed by atoms with van der Waals surface area (Å²) in [6, 6.07) is 4.17. The van der Waals surface area contributed by atoms with Crippen molar-refractivity contribution in [2.45, 2.75) is 18.9 Å². The molecule has 0 radical (unpaired) electrons. The molecule has 4 rings (SSSR count). The van der Waals surface area contributed by atoms with E-state index in [1.54, 1.807) is 0 Å². The number of amides is 1. The van der Waals surface area contributed by atoms with Gasteiger partial charge in [0.05, 0.1) is 23.9 Å². The van der Waals surface area contributed by atoms with Gasteiger partial charge < -0.3 is 14.8 Å². The van der Waals surface area contributed by atoms with Crippen LogP contribution in [0.5, 0.6) is 5.75 Å². The average molecular weight is 332 g/mol. The Bertz CT molecular complexity index is 746. The van der Waals surface area contributed by atoms with Crippen LogP contribution in [-0.4, -0.2) is 30.0 Å². The molecule has 1 aliphatic heterocycles. The number of rotatable bonds is 4. The van der Waals surface area contributed by atoms with Gasteiger partial charge in [-0.2, -0.15) is 0 Å². The molecule has 1 N–H and O–H groups in total. The summed E-state index contributed by atoms with van der Waals surface area (Å²) in [5.74, 6) is -0.958. The average Bonchev–Trinajstić information content (AvgIpc) is 3.16. The Morgan fingerprint density at radius 1 is 1.42 bits per heavy atom. The van der Waals surface area contributed by atoms with Crippen LogP contribution >= 0.6 is 0 Å². The molecule has 0 spiro atoms. The minimum absolute atomic E-state index is 0.0531. The zero-order valence-corrected chi connectivity index (χ0v) is 12.9. The first-order valence-electron chi connectivity index (χ1n) is 7.83. The van der Waals surface area contributed by atoms with E-state index in [9.17, 15) is 19.7 Å². The summed E-state index contributed by atoms with van der Waals surface area (Å²) >= 11 is 0. The first-order valence-corrected chi connectivity index (χ1v) is 7.83. The highest BCUT2D eigenvalue weighted by atomic mass is 16.6. The zero-order valence-electron chi connectivity index (χ0n) is 12.9. The van der Waals surface area contributed by atoms with Crippen LogP contribution in [-0.2, 0) is 14.3 Å². The van der Waals surface area contributed by atoms with E-state index in [2.05, 4.69) is 5.32 Å². The number of nitrogens with zero attached hydrogens (tertiary/aromatic N) is 1. The molecule has 2 aliphatic carbocycles. The minimum Gasteiger partial charge on any atom is -0.497 e. The molecule has 1 aromatic rings. The molecule has 1 heterocycles. The van der Waals surface area contributed by atoms with Crippen LogP contribution in [0, 0.1) is 33.8 Å². The lowest BCUT2D eigenvalue weighted by molar-refractivity contribution is -0.384. The van der Waals surface area contributed by atoms with Crippen LogP contribution in [0.15, 0.2) is 18.2 Å². The number of nitro groups is 1. The number of nitro benzene ring substituents is 1. The first-order chi connectivity index (χ1) is 11.5. The Hall–Kier alpha value is -2.64. The number of fused-ring (bicyclic) bond motifs is 1. The van der Waals surface area contributed by atoms with Crippen LogP contribution < -0.4 is 10.1 Å². The monoisotopic (exact) mass is 332 g/mol. The van der Waals surface area contributed by atoms with Crippen molar-refractivity contribution in [1.29, 1.82) is 0 Å². The van der Waals surface area contributed by atoms with Gasteiger partial charge in [0.25, 0.3) is 5.69 Å². The van der Waals surface area contributed by atoms with Gasteiger partial charge in [-0.3, -0.25) is 19.7 Å². The topological polar surface area (TPSA) is 108 Å². The minimum atomic E-state index is -0.560. The molecule has 3 fully saturated rings. The molecule has 2 saturated carbocycles. The molecule has 2 bridgehead atoms. The number of hydrogen-bond acceptors (Lipinski definition) is 6. The van der Waals surface area contributed by atoms with E-state index >= 15 is 0 Å². The van der Waals surface area contributed by atoms with Gasteiger partial charge in [0.2, 0.25) is 5.91 Å². The lowest BCUT2D eigenvalue weighted by Gasteiger charge is -2.23. The maximum Gasteiger partial charge on any atom is 0.310 e. The smallest absolute Gasteiger partial charge is 0.310 e.